The van der Waals surface area contributed by atoms with E-state index in [4.69, 9.17) is 14.6 Å². The Hall–Kier alpha value is -1.63. The summed E-state index contributed by atoms with van der Waals surface area (Å²) in [7, 11) is 3.02. The van der Waals surface area contributed by atoms with E-state index in [0.29, 0.717) is 11.9 Å². The third kappa shape index (κ3) is 2.79. The molecule has 18 heavy (non-hydrogen) atoms. The maximum atomic E-state index is 8.95. The normalized spacial score (nSPS) is 19.1. The summed E-state index contributed by atoms with van der Waals surface area (Å²) in [6.07, 6.45) is 1.85. The van der Waals surface area contributed by atoms with Crippen LogP contribution in [-0.2, 0) is 0 Å². The van der Waals surface area contributed by atoms with Crippen LogP contribution in [-0.4, -0.2) is 54.0 Å². The highest BCUT2D eigenvalue weighted by Gasteiger charge is 2.25. The van der Waals surface area contributed by atoms with Gasteiger partial charge in [-0.25, -0.2) is 0 Å². The number of aliphatic hydroxyl groups excluding tert-OH is 1. The van der Waals surface area contributed by atoms with Crippen LogP contribution in [0.15, 0.2) is 0 Å². The smallest absolute Gasteiger partial charge is 0.324 e. The van der Waals surface area contributed by atoms with Crippen molar-refractivity contribution in [2.75, 3.05) is 38.8 Å². The fourth-order valence-electron chi connectivity index (χ4n) is 2.08. The largest absolute Gasteiger partial charge is 0.467 e. The molecule has 0 radical (unpaired) electrons. The second-order valence-corrected chi connectivity index (χ2v) is 4.22. The SMILES string of the molecule is COc1nc(OC)nc(N2CCC(CCO)C2)n1. The van der Waals surface area contributed by atoms with E-state index in [0.717, 1.165) is 25.9 Å². The molecule has 7 heteroatoms. The lowest BCUT2D eigenvalue weighted by Gasteiger charge is -2.16. The van der Waals surface area contributed by atoms with E-state index in [1.165, 1.54) is 14.2 Å². The third-order valence-electron chi connectivity index (χ3n) is 3.05. The minimum Gasteiger partial charge on any atom is -0.467 e. The quantitative estimate of drug-likeness (QED) is 0.798. The molecule has 7 nitrogen and oxygen atoms in total. The van der Waals surface area contributed by atoms with E-state index in [1.807, 2.05) is 0 Å². The lowest BCUT2D eigenvalue weighted by Crippen LogP contribution is -2.23. The Balaban J connectivity index is 2.13. The van der Waals surface area contributed by atoms with Crippen LogP contribution in [0, 0.1) is 5.92 Å². The molecule has 1 aromatic rings. The van der Waals surface area contributed by atoms with E-state index in [-0.39, 0.29) is 18.6 Å². The van der Waals surface area contributed by atoms with Gasteiger partial charge in [-0.1, -0.05) is 0 Å². The minimum absolute atomic E-state index is 0.225. The molecule has 0 saturated carbocycles. The number of anilines is 1. The predicted octanol–water partition coefficient (Wildman–Crippen LogP) is 0.0975. The molecule has 0 spiro atoms. The van der Waals surface area contributed by atoms with Gasteiger partial charge in [0.05, 0.1) is 14.2 Å². The van der Waals surface area contributed by atoms with Gasteiger partial charge in [-0.3, -0.25) is 0 Å². The molecular formula is C11H18N4O3. The summed E-state index contributed by atoms with van der Waals surface area (Å²) in [4.78, 5) is 14.5. The number of hydrogen-bond acceptors (Lipinski definition) is 7. The van der Waals surface area contributed by atoms with Crippen LogP contribution < -0.4 is 14.4 Å². The van der Waals surface area contributed by atoms with Crippen molar-refractivity contribution in [3.8, 4) is 12.0 Å². The van der Waals surface area contributed by atoms with Gasteiger partial charge < -0.3 is 19.5 Å². The molecule has 0 aliphatic carbocycles. The number of aromatic nitrogens is 3. The molecule has 100 valence electrons. The molecule has 1 aromatic heterocycles. The summed E-state index contributed by atoms with van der Waals surface area (Å²) < 4.78 is 10.0. The maximum absolute atomic E-state index is 8.95. The van der Waals surface area contributed by atoms with E-state index in [9.17, 15) is 0 Å². The van der Waals surface area contributed by atoms with Gasteiger partial charge in [0.15, 0.2) is 0 Å². The number of aliphatic hydroxyl groups is 1. The first-order chi connectivity index (χ1) is 8.76. The monoisotopic (exact) mass is 254 g/mol. The van der Waals surface area contributed by atoms with E-state index in [2.05, 4.69) is 19.9 Å². The zero-order valence-electron chi connectivity index (χ0n) is 10.7. The molecule has 1 aliphatic rings. The average molecular weight is 254 g/mol. The standard InChI is InChI=1S/C11H18N4O3/c1-17-10-12-9(13-11(14-10)18-2)15-5-3-8(7-15)4-6-16/h8,16H,3-7H2,1-2H3. The van der Waals surface area contributed by atoms with Crippen molar-refractivity contribution in [1.29, 1.82) is 0 Å². The van der Waals surface area contributed by atoms with Crippen molar-refractivity contribution >= 4 is 5.95 Å². The van der Waals surface area contributed by atoms with Crippen molar-refractivity contribution in [3.05, 3.63) is 0 Å². The van der Waals surface area contributed by atoms with E-state index < -0.39 is 0 Å². The highest BCUT2D eigenvalue weighted by molar-refractivity contribution is 5.33. The van der Waals surface area contributed by atoms with Crippen LogP contribution >= 0.6 is 0 Å². The molecule has 1 atom stereocenters. The summed E-state index contributed by atoms with van der Waals surface area (Å²) in [5.41, 5.74) is 0. The molecule has 2 rings (SSSR count). The van der Waals surface area contributed by atoms with Gasteiger partial charge in [0.2, 0.25) is 5.95 Å². The Morgan fingerprint density at radius 2 is 1.89 bits per heavy atom. The molecule has 1 N–H and O–H groups in total. The van der Waals surface area contributed by atoms with Crippen LogP contribution in [0.5, 0.6) is 12.0 Å². The van der Waals surface area contributed by atoms with Gasteiger partial charge in [0.25, 0.3) is 0 Å². The predicted molar refractivity (Wildman–Crippen MR) is 65.0 cm³/mol. The first-order valence-corrected chi connectivity index (χ1v) is 5.96. The Bertz CT molecular complexity index is 380. The van der Waals surface area contributed by atoms with Gasteiger partial charge in [-0.05, 0) is 18.8 Å². The second kappa shape index (κ2) is 5.81. The average Bonchev–Trinajstić information content (AvgIpc) is 2.87. The summed E-state index contributed by atoms with van der Waals surface area (Å²) >= 11 is 0. The lowest BCUT2D eigenvalue weighted by molar-refractivity contribution is 0.263. The van der Waals surface area contributed by atoms with Gasteiger partial charge in [0, 0.05) is 19.7 Å². The second-order valence-electron chi connectivity index (χ2n) is 4.22. The zero-order chi connectivity index (χ0) is 13.0. The zero-order valence-corrected chi connectivity index (χ0v) is 10.7. The number of hydrogen-bond donors (Lipinski definition) is 1. The number of ether oxygens (including phenoxy) is 2. The molecule has 0 aromatic carbocycles. The highest BCUT2D eigenvalue weighted by atomic mass is 16.5. The molecule has 2 heterocycles. The van der Waals surface area contributed by atoms with Crippen LogP contribution in [0.3, 0.4) is 0 Å². The lowest BCUT2D eigenvalue weighted by atomic mass is 10.1. The van der Waals surface area contributed by atoms with Crippen LogP contribution in [0.1, 0.15) is 12.8 Å². The van der Waals surface area contributed by atoms with Crippen LogP contribution in [0.25, 0.3) is 0 Å². The Morgan fingerprint density at radius 1 is 1.22 bits per heavy atom. The molecule has 1 aliphatic heterocycles. The molecule has 0 amide bonds. The summed E-state index contributed by atoms with van der Waals surface area (Å²) in [6, 6.07) is 0.505. The fraction of sp³-hybridized carbons (Fsp3) is 0.727. The molecule has 1 unspecified atom stereocenters. The Morgan fingerprint density at radius 3 is 2.44 bits per heavy atom. The van der Waals surface area contributed by atoms with Crippen LogP contribution in [0.2, 0.25) is 0 Å². The molecule has 0 bridgehead atoms. The van der Waals surface area contributed by atoms with Gasteiger partial charge >= 0.3 is 12.0 Å². The highest BCUT2D eigenvalue weighted by Crippen LogP contribution is 2.24. The first-order valence-electron chi connectivity index (χ1n) is 5.96. The fourth-order valence-corrected chi connectivity index (χ4v) is 2.08. The van der Waals surface area contributed by atoms with Gasteiger partial charge in [-0.15, -0.1) is 4.98 Å². The number of methoxy groups -OCH3 is 2. The van der Waals surface area contributed by atoms with E-state index in [1.54, 1.807) is 0 Å². The van der Waals surface area contributed by atoms with Crippen molar-refractivity contribution in [3.63, 3.8) is 0 Å². The Labute approximate surface area is 106 Å². The number of nitrogens with zero attached hydrogens (tertiary/aromatic N) is 4. The van der Waals surface area contributed by atoms with Crippen molar-refractivity contribution in [2.24, 2.45) is 5.92 Å². The topological polar surface area (TPSA) is 80.6 Å². The summed E-state index contributed by atoms with van der Waals surface area (Å²) in [6.45, 7) is 1.94. The summed E-state index contributed by atoms with van der Waals surface area (Å²) in [5.74, 6) is 1.06. The van der Waals surface area contributed by atoms with Gasteiger partial charge in [-0.2, -0.15) is 9.97 Å². The van der Waals surface area contributed by atoms with Crippen molar-refractivity contribution in [2.45, 2.75) is 12.8 Å². The Kier molecular flexibility index (Phi) is 4.14. The van der Waals surface area contributed by atoms with Crippen molar-refractivity contribution in [1.82, 2.24) is 15.0 Å². The third-order valence-corrected chi connectivity index (χ3v) is 3.05. The minimum atomic E-state index is 0.225. The molecular weight excluding hydrogens is 236 g/mol. The van der Waals surface area contributed by atoms with E-state index >= 15 is 0 Å². The van der Waals surface area contributed by atoms with Gasteiger partial charge in [0.1, 0.15) is 0 Å². The molecule has 1 saturated heterocycles. The summed E-state index contributed by atoms with van der Waals surface area (Å²) in [5, 5.41) is 8.95. The first kappa shape index (κ1) is 12.8. The number of rotatable bonds is 5. The molecule has 1 fully saturated rings. The van der Waals surface area contributed by atoms with Crippen LogP contribution in [0.4, 0.5) is 5.95 Å². The maximum Gasteiger partial charge on any atom is 0.324 e. The van der Waals surface area contributed by atoms with Crippen molar-refractivity contribution < 1.29 is 14.6 Å².